The van der Waals surface area contributed by atoms with Gasteiger partial charge in [0.1, 0.15) is 0 Å². The van der Waals surface area contributed by atoms with E-state index in [1.807, 2.05) is 18.2 Å². The standard InChI is InChI=1S/C16H21ClN2O/c17-14-2-1-3-15-13(14)8-12(16(20)19-15)11-6-4-10(9-18)5-7-11/h1-3,10-12H,4-9,18H2,(H,19,20). The molecule has 1 aromatic rings. The normalized spacial score (nSPS) is 29.7. The molecule has 3 rings (SSSR count). The lowest BCUT2D eigenvalue weighted by molar-refractivity contribution is -0.122. The Bertz CT molecular complexity index is 509. The van der Waals surface area contributed by atoms with Crippen LogP contribution < -0.4 is 11.1 Å². The van der Waals surface area contributed by atoms with Crippen molar-refractivity contribution >= 4 is 23.2 Å². The molecule has 1 fully saturated rings. The maximum absolute atomic E-state index is 12.3. The summed E-state index contributed by atoms with van der Waals surface area (Å²) in [4.78, 5) is 12.3. The number of fused-ring (bicyclic) bond motifs is 1. The van der Waals surface area contributed by atoms with Crippen molar-refractivity contribution in [2.45, 2.75) is 32.1 Å². The van der Waals surface area contributed by atoms with Gasteiger partial charge in [0, 0.05) is 16.6 Å². The first-order valence-electron chi connectivity index (χ1n) is 7.47. The Morgan fingerprint density at radius 3 is 2.70 bits per heavy atom. The molecule has 0 bridgehead atoms. The summed E-state index contributed by atoms with van der Waals surface area (Å²) in [7, 11) is 0. The van der Waals surface area contributed by atoms with E-state index in [-0.39, 0.29) is 11.8 Å². The average molecular weight is 293 g/mol. The molecule has 1 heterocycles. The summed E-state index contributed by atoms with van der Waals surface area (Å²) in [5.41, 5.74) is 7.72. The third-order valence-corrected chi connectivity index (χ3v) is 5.29. The molecule has 0 saturated heterocycles. The van der Waals surface area contributed by atoms with Gasteiger partial charge in [-0.3, -0.25) is 4.79 Å². The van der Waals surface area contributed by atoms with Crippen molar-refractivity contribution in [3.05, 3.63) is 28.8 Å². The van der Waals surface area contributed by atoms with Gasteiger partial charge in [-0.1, -0.05) is 17.7 Å². The number of nitrogens with one attached hydrogen (secondary N) is 1. The first-order valence-corrected chi connectivity index (χ1v) is 7.85. The average Bonchev–Trinajstić information content (AvgIpc) is 2.47. The highest BCUT2D eigenvalue weighted by Crippen LogP contribution is 2.39. The molecule has 108 valence electrons. The van der Waals surface area contributed by atoms with E-state index in [1.54, 1.807) is 0 Å². The summed E-state index contributed by atoms with van der Waals surface area (Å²) in [5.74, 6) is 1.35. The molecule has 0 radical (unpaired) electrons. The van der Waals surface area contributed by atoms with Crippen molar-refractivity contribution in [2.24, 2.45) is 23.5 Å². The summed E-state index contributed by atoms with van der Waals surface area (Å²) in [5, 5.41) is 3.79. The van der Waals surface area contributed by atoms with Gasteiger partial charge in [-0.15, -0.1) is 0 Å². The van der Waals surface area contributed by atoms with E-state index in [4.69, 9.17) is 17.3 Å². The van der Waals surface area contributed by atoms with Gasteiger partial charge in [0.05, 0.1) is 0 Å². The minimum Gasteiger partial charge on any atom is -0.330 e. The van der Waals surface area contributed by atoms with Gasteiger partial charge in [-0.05, 0) is 68.2 Å². The SMILES string of the molecule is NCC1CCC(C2Cc3c(Cl)cccc3NC2=O)CC1. The minimum absolute atomic E-state index is 0.0705. The quantitative estimate of drug-likeness (QED) is 0.879. The van der Waals surface area contributed by atoms with Crippen molar-refractivity contribution in [1.82, 2.24) is 0 Å². The predicted octanol–water partition coefficient (Wildman–Crippen LogP) is 3.22. The van der Waals surface area contributed by atoms with Crippen molar-refractivity contribution in [3.8, 4) is 0 Å². The van der Waals surface area contributed by atoms with Crippen LogP contribution in [0.3, 0.4) is 0 Å². The molecular formula is C16H21ClN2O. The van der Waals surface area contributed by atoms with E-state index in [2.05, 4.69) is 5.32 Å². The summed E-state index contributed by atoms with van der Waals surface area (Å²) in [6, 6.07) is 5.72. The molecule has 2 aliphatic rings. The van der Waals surface area contributed by atoms with Crippen molar-refractivity contribution < 1.29 is 4.79 Å². The van der Waals surface area contributed by atoms with E-state index in [0.717, 1.165) is 54.9 Å². The van der Waals surface area contributed by atoms with Gasteiger partial charge in [0.25, 0.3) is 0 Å². The molecule has 20 heavy (non-hydrogen) atoms. The zero-order valence-electron chi connectivity index (χ0n) is 11.6. The fourth-order valence-corrected chi connectivity index (χ4v) is 3.88. The highest BCUT2D eigenvalue weighted by Gasteiger charge is 2.35. The topological polar surface area (TPSA) is 55.1 Å². The van der Waals surface area contributed by atoms with Crippen LogP contribution in [0.2, 0.25) is 5.02 Å². The first-order chi connectivity index (χ1) is 9.69. The maximum Gasteiger partial charge on any atom is 0.228 e. The van der Waals surface area contributed by atoms with Crippen LogP contribution in [0.15, 0.2) is 18.2 Å². The summed E-state index contributed by atoms with van der Waals surface area (Å²) in [6.45, 7) is 0.776. The van der Waals surface area contributed by atoms with Gasteiger partial charge in [-0.25, -0.2) is 0 Å². The van der Waals surface area contributed by atoms with Crippen LogP contribution in [0.25, 0.3) is 0 Å². The lowest BCUT2D eigenvalue weighted by Gasteiger charge is -2.35. The second-order valence-corrected chi connectivity index (χ2v) is 6.49. The Morgan fingerprint density at radius 2 is 2.00 bits per heavy atom. The lowest BCUT2D eigenvalue weighted by Crippen LogP contribution is -2.37. The van der Waals surface area contributed by atoms with Crippen LogP contribution in [0.4, 0.5) is 5.69 Å². The van der Waals surface area contributed by atoms with Crippen LogP contribution in [0, 0.1) is 17.8 Å². The van der Waals surface area contributed by atoms with Gasteiger partial charge in [0.15, 0.2) is 0 Å². The molecule has 0 spiro atoms. The highest BCUT2D eigenvalue weighted by atomic mass is 35.5. The smallest absolute Gasteiger partial charge is 0.228 e. The number of anilines is 1. The lowest BCUT2D eigenvalue weighted by atomic mass is 9.72. The van der Waals surface area contributed by atoms with Crippen molar-refractivity contribution in [2.75, 3.05) is 11.9 Å². The number of carbonyl (C=O) groups is 1. The summed E-state index contributed by atoms with van der Waals surface area (Å²) < 4.78 is 0. The molecule has 0 aromatic heterocycles. The molecule has 1 atom stereocenters. The summed E-state index contributed by atoms with van der Waals surface area (Å²) >= 11 is 6.27. The number of amides is 1. The molecule has 1 aliphatic carbocycles. The second kappa shape index (κ2) is 5.74. The zero-order valence-corrected chi connectivity index (χ0v) is 12.3. The third kappa shape index (κ3) is 2.57. The number of carbonyl (C=O) groups excluding carboxylic acids is 1. The van der Waals surface area contributed by atoms with Crippen molar-refractivity contribution in [3.63, 3.8) is 0 Å². The van der Waals surface area contributed by atoms with Crippen molar-refractivity contribution in [1.29, 1.82) is 0 Å². The van der Waals surface area contributed by atoms with Gasteiger partial charge in [-0.2, -0.15) is 0 Å². The largest absolute Gasteiger partial charge is 0.330 e. The Hall–Kier alpha value is -1.06. The van der Waals surface area contributed by atoms with Gasteiger partial charge >= 0.3 is 0 Å². The van der Waals surface area contributed by atoms with Crippen LogP contribution in [-0.4, -0.2) is 12.5 Å². The number of nitrogens with two attached hydrogens (primary N) is 1. The summed E-state index contributed by atoms with van der Waals surface area (Å²) in [6.07, 6.45) is 5.30. The molecule has 1 aliphatic heterocycles. The van der Waals surface area contributed by atoms with E-state index < -0.39 is 0 Å². The molecule has 1 saturated carbocycles. The minimum atomic E-state index is 0.0705. The van der Waals surface area contributed by atoms with E-state index in [9.17, 15) is 4.79 Å². The number of hydrogen-bond acceptors (Lipinski definition) is 2. The number of rotatable bonds is 2. The fourth-order valence-electron chi connectivity index (χ4n) is 3.63. The molecule has 4 heteroatoms. The predicted molar refractivity (Wildman–Crippen MR) is 81.8 cm³/mol. The maximum atomic E-state index is 12.3. The number of halogens is 1. The van der Waals surface area contributed by atoms with E-state index in [1.165, 1.54) is 0 Å². The Morgan fingerprint density at radius 1 is 1.25 bits per heavy atom. The van der Waals surface area contributed by atoms with Gasteiger partial charge < -0.3 is 11.1 Å². The molecule has 3 nitrogen and oxygen atoms in total. The van der Waals surface area contributed by atoms with Crippen LogP contribution in [-0.2, 0) is 11.2 Å². The molecular weight excluding hydrogens is 272 g/mol. The van der Waals surface area contributed by atoms with Crippen LogP contribution >= 0.6 is 11.6 Å². The third-order valence-electron chi connectivity index (χ3n) is 4.93. The Balaban J connectivity index is 1.76. The van der Waals surface area contributed by atoms with Crippen LogP contribution in [0.1, 0.15) is 31.2 Å². The van der Waals surface area contributed by atoms with E-state index >= 15 is 0 Å². The second-order valence-electron chi connectivity index (χ2n) is 6.08. The molecule has 1 aromatic carbocycles. The zero-order chi connectivity index (χ0) is 14.1. The number of benzene rings is 1. The molecule has 1 unspecified atom stereocenters. The van der Waals surface area contributed by atoms with Gasteiger partial charge in [0.2, 0.25) is 5.91 Å². The number of hydrogen-bond donors (Lipinski definition) is 2. The monoisotopic (exact) mass is 292 g/mol. The fraction of sp³-hybridized carbons (Fsp3) is 0.562. The van der Waals surface area contributed by atoms with Crippen LogP contribution in [0.5, 0.6) is 0 Å². The highest BCUT2D eigenvalue weighted by molar-refractivity contribution is 6.32. The molecule has 1 amide bonds. The Labute approximate surface area is 124 Å². The first kappa shape index (κ1) is 13.9. The van der Waals surface area contributed by atoms with E-state index in [0.29, 0.717) is 11.8 Å². The Kier molecular flexibility index (Phi) is 3.99. The molecule has 3 N–H and O–H groups in total.